The number of benzene rings is 2. The Morgan fingerprint density at radius 2 is 1.83 bits per heavy atom. The fourth-order valence-electron chi connectivity index (χ4n) is 3.06. The predicted molar refractivity (Wildman–Crippen MR) is 106 cm³/mol. The average Bonchev–Trinajstić information content (AvgIpc) is 2.69. The van der Waals surface area contributed by atoms with Gasteiger partial charge in [0.2, 0.25) is 0 Å². The Hall–Kier alpha value is -3.03. The zero-order valence-electron chi connectivity index (χ0n) is 17.2. The van der Waals surface area contributed by atoms with Crippen molar-refractivity contribution in [1.29, 1.82) is 0 Å². The quantitative estimate of drug-likeness (QED) is 0.626. The lowest BCUT2D eigenvalue weighted by molar-refractivity contribution is -0.138. The van der Waals surface area contributed by atoms with Gasteiger partial charge in [0.15, 0.2) is 12.4 Å². The topological polar surface area (TPSA) is 64.6 Å². The third-order valence-electron chi connectivity index (χ3n) is 4.65. The van der Waals surface area contributed by atoms with Crippen molar-refractivity contribution < 1.29 is 32.2 Å². The average molecular weight is 423 g/mol. The van der Waals surface area contributed by atoms with E-state index >= 15 is 0 Å². The molecule has 0 spiro atoms. The van der Waals surface area contributed by atoms with E-state index in [2.05, 4.69) is 5.32 Å². The summed E-state index contributed by atoms with van der Waals surface area (Å²) in [5, 5.41) is 2.29. The molecule has 0 heterocycles. The maximum atomic E-state index is 13.1. The molecule has 1 amide bonds. The van der Waals surface area contributed by atoms with Gasteiger partial charge in [0, 0.05) is 13.5 Å². The summed E-state index contributed by atoms with van der Waals surface area (Å²) in [4.78, 5) is 22.6. The summed E-state index contributed by atoms with van der Waals surface area (Å²) in [5.74, 6) is 0.803. The molecule has 0 saturated carbocycles. The molecular weight excluding hydrogens is 399 g/mol. The molecule has 0 aliphatic rings. The number of amides is 1. The minimum absolute atomic E-state index is 0.0793. The molecule has 0 fully saturated rings. The van der Waals surface area contributed by atoms with Gasteiger partial charge in [-0.3, -0.25) is 4.79 Å². The van der Waals surface area contributed by atoms with Gasteiger partial charge in [-0.1, -0.05) is 13.0 Å². The highest BCUT2D eigenvalue weighted by Crippen LogP contribution is 2.36. The van der Waals surface area contributed by atoms with Gasteiger partial charge in [-0.25, -0.2) is 4.79 Å². The van der Waals surface area contributed by atoms with Crippen LogP contribution in [0.25, 0.3) is 0 Å². The molecule has 2 aromatic carbocycles. The van der Waals surface area contributed by atoms with Gasteiger partial charge in [-0.2, -0.15) is 13.2 Å². The van der Waals surface area contributed by atoms with Gasteiger partial charge in [-0.05, 0) is 66.8 Å². The van der Waals surface area contributed by atoms with E-state index in [1.165, 1.54) is 20.0 Å². The Labute approximate surface area is 173 Å². The molecular formula is C22H24F3NO4. The van der Waals surface area contributed by atoms with Crippen LogP contribution >= 0.6 is 0 Å². The molecule has 1 atom stereocenters. The normalized spacial score (nSPS) is 12.2. The molecule has 5 nitrogen and oxygen atoms in total. The monoisotopic (exact) mass is 423 g/mol. The molecule has 1 N–H and O–H groups in total. The maximum absolute atomic E-state index is 13.1. The lowest BCUT2D eigenvalue weighted by Crippen LogP contribution is -2.28. The molecule has 0 radical (unpaired) electrons. The number of ether oxygens (including phenoxy) is 2. The van der Waals surface area contributed by atoms with Crippen molar-refractivity contribution in [2.24, 2.45) is 0 Å². The zero-order chi connectivity index (χ0) is 22.5. The first-order chi connectivity index (χ1) is 14.1. The molecule has 0 bridgehead atoms. The fourth-order valence-corrected chi connectivity index (χ4v) is 3.06. The van der Waals surface area contributed by atoms with Crippen LogP contribution in [0.4, 0.5) is 18.0 Å². The van der Waals surface area contributed by atoms with Crippen molar-refractivity contribution in [2.45, 2.75) is 45.9 Å². The highest BCUT2D eigenvalue weighted by atomic mass is 19.4. The number of nitrogens with one attached hydrogen (secondary N) is 1. The van der Waals surface area contributed by atoms with Crippen molar-refractivity contribution in [1.82, 2.24) is 5.32 Å². The third kappa shape index (κ3) is 5.75. The first-order valence-electron chi connectivity index (χ1n) is 9.40. The number of hydrogen-bond acceptors (Lipinski definition) is 4. The maximum Gasteiger partial charge on any atom is 0.416 e. The van der Waals surface area contributed by atoms with Gasteiger partial charge in [0.25, 0.3) is 0 Å². The van der Waals surface area contributed by atoms with Crippen LogP contribution in [0.2, 0.25) is 0 Å². The first kappa shape index (κ1) is 23.3. The van der Waals surface area contributed by atoms with E-state index < -0.39 is 23.9 Å². The minimum atomic E-state index is -4.42. The van der Waals surface area contributed by atoms with Crippen LogP contribution in [0.1, 0.15) is 34.7 Å². The van der Waals surface area contributed by atoms with E-state index in [4.69, 9.17) is 9.47 Å². The number of rotatable bonds is 7. The summed E-state index contributed by atoms with van der Waals surface area (Å²) in [6, 6.07) is 7.64. The molecule has 30 heavy (non-hydrogen) atoms. The second-order valence-corrected chi connectivity index (χ2v) is 6.85. The van der Waals surface area contributed by atoms with Crippen molar-refractivity contribution in [2.75, 3.05) is 7.05 Å². The molecule has 0 aliphatic heterocycles. The first-order valence-corrected chi connectivity index (χ1v) is 9.40. The molecule has 8 heteroatoms. The standard InChI is InChI=1S/C22H24F3NO4/c1-5-15-10-17(7-6-16(15)11-18(12-27)30-21(28)26-4)29-20-9-13(2)19(8-14(20)3)22(23,24)25/h6-10,12,18H,5,11H2,1-4H3,(H,26,28). The highest BCUT2D eigenvalue weighted by molar-refractivity contribution is 5.70. The Balaban J connectivity index is 2.26. The van der Waals surface area contributed by atoms with Crippen LogP contribution in [0, 0.1) is 13.8 Å². The van der Waals surface area contributed by atoms with Crippen molar-refractivity contribution in [3.05, 3.63) is 58.1 Å². The van der Waals surface area contributed by atoms with Gasteiger partial charge in [0.05, 0.1) is 5.56 Å². The number of carbonyl (C=O) groups excluding carboxylic acids is 2. The molecule has 0 saturated heterocycles. The number of halogens is 3. The van der Waals surface area contributed by atoms with E-state index in [9.17, 15) is 22.8 Å². The zero-order valence-corrected chi connectivity index (χ0v) is 17.2. The summed E-state index contributed by atoms with van der Waals surface area (Å²) in [5.41, 5.74) is 1.45. The molecule has 2 aromatic rings. The van der Waals surface area contributed by atoms with Crippen LogP contribution in [-0.4, -0.2) is 25.5 Å². The Bertz CT molecular complexity index is 925. The van der Waals surface area contributed by atoms with E-state index in [-0.39, 0.29) is 12.0 Å². The number of carbonyl (C=O) groups is 2. The summed E-state index contributed by atoms with van der Waals surface area (Å²) in [6.07, 6.45) is -4.65. The van der Waals surface area contributed by atoms with Crippen molar-refractivity contribution in [3.63, 3.8) is 0 Å². The fraction of sp³-hybridized carbons (Fsp3) is 0.364. The Kier molecular flexibility index (Phi) is 7.48. The van der Waals surface area contributed by atoms with Gasteiger partial charge >= 0.3 is 12.3 Å². The second-order valence-electron chi connectivity index (χ2n) is 6.85. The van der Waals surface area contributed by atoms with Crippen molar-refractivity contribution >= 4 is 12.4 Å². The lowest BCUT2D eigenvalue weighted by atomic mass is 9.99. The summed E-state index contributed by atoms with van der Waals surface area (Å²) in [7, 11) is 1.40. The molecule has 0 aromatic heterocycles. The number of alkyl halides is 3. The van der Waals surface area contributed by atoms with Crippen LogP contribution in [-0.2, 0) is 28.5 Å². The minimum Gasteiger partial charge on any atom is -0.457 e. The molecule has 162 valence electrons. The summed E-state index contributed by atoms with van der Waals surface area (Å²) >= 11 is 0. The van der Waals surface area contributed by atoms with Crippen molar-refractivity contribution in [3.8, 4) is 11.5 Å². The Morgan fingerprint density at radius 1 is 1.13 bits per heavy atom. The van der Waals surface area contributed by atoms with E-state index in [0.717, 1.165) is 17.2 Å². The van der Waals surface area contributed by atoms with Crippen LogP contribution in [0.3, 0.4) is 0 Å². The predicted octanol–water partition coefficient (Wildman–Crippen LogP) is 5.14. The smallest absolute Gasteiger partial charge is 0.416 e. The molecule has 1 unspecified atom stereocenters. The number of aryl methyl sites for hydroxylation is 3. The van der Waals surface area contributed by atoms with Crippen LogP contribution in [0.15, 0.2) is 30.3 Å². The Morgan fingerprint density at radius 3 is 2.40 bits per heavy atom. The van der Waals surface area contributed by atoms with E-state index in [0.29, 0.717) is 29.8 Å². The lowest BCUT2D eigenvalue weighted by Gasteiger charge is -2.17. The third-order valence-corrected chi connectivity index (χ3v) is 4.65. The van der Waals surface area contributed by atoms with Crippen LogP contribution < -0.4 is 10.1 Å². The summed E-state index contributed by atoms with van der Waals surface area (Å²) in [6.45, 7) is 4.87. The number of aldehydes is 1. The van der Waals surface area contributed by atoms with Gasteiger partial charge < -0.3 is 14.8 Å². The highest BCUT2D eigenvalue weighted by Gasteiger charge is 2.33. The largest absolute Gasteiger partial charge is 0.457 e. The van der Waals surface area contributed by atoms with Crippen LogP contribution in [0.5, 0.6) is 11.5 Å². The second kappa shape index (κ2) is 9.65. The van der Waals surface area contributed by atoms with E-state index in [1.54, 1.807) is 25.1 Å². The molecule has 0 aliphatic carbocycles. The summed E-state index contributed by atoms with van der Waals surface area (Å²) < 4.78 is 50.0. The number of hydrogen-bond donors (Lipinski definition) is 1. The van der Waals surface area contributed by atoms with Gasteiger partial charge in [-0.15, -0.1) is 0 Å². The SMILES string of the molecule is CCc1cc(Oc2cc(C)c(C(F)(F)F)cc2C)ccc1CC(C=O)OC(=O)NC. The molecule has 2 rings (SSSR count). The van der Waals surface area contributed by atoms with Gasteiger partial charge in [0.1, 0.15) is 11.5 Å². The van der Waals surface area contributed by atoms with E-state index in [1.807, 2.05) is 6.92 Å². The number of alkyl carbamates (subject to hydrolysis) is 1.